The average Bonchev–Trinajstić information content (AvgIpc) is 2.59. The van der Waals surface area contributed by atoms with E-state index in [0.717, 1.165) is 0 Å². The molecule has 0 atom stereocenters. The third-order valence-electron chi connectivity index (χ3n) is 3.62. The average molecular weight is 375 g/mol. The van der Waals surface area contributed by atoms with Crippen molar-refractivity contribution in [1.82, 2.24) is 10.9 Å². The summed E-state index contributed by atoms with van der Waals surface area (Å²) in [7, 11) is 0. The van der Waals surface area contributed by atoms with Gasteiger partial charge in [-0.1, -0.05) is 23.2 Å². The van der Waals surface area contributed by atoms with Crippen LogP contribution < -0.4 is 15.6 Å². The van der Waals surface area contributed by atoms with Gasteiger partial charge in [0.25, 0.3) is 0 Å². The molecule has 1 aliphatic heterocycles. The number of nitrogens with one attached hydrogen (secondary N) is 2. The molecule has 0 aromatic heterocycles. The Bertz CT molecular complexity index is 577. The van der Waals surface area contributed by atoms with Gasteiger partial charge in [0.2, 0.25) is 11.8 Å². The lowest BCUT2D eigenvalue weighted by Crippen LogP contribution is -2.45. The van der Waals surface area contributed by atoms with Gasteiger partial charge in [-0.05, 0) is 37.5 Å². The van der Waals surface area contributed by atoms with Gasteiger partial charge in [0.1, 0.15) is 5.75 Å². The summed E-state index contributed by atoms with van der Waals surface area (Å²) in [6.07, 6.45) is 2.09. The maximum Gasteiger partial charge on any atom is 0.241 e. The molecule has 1 heterocycles. The van der Waals surface area contributed by atoms with Crippen LogP contribution in [0.4, 0.5) is 0 Å². The lowest BCUT2D eigenvalue weighted by atomic mass is 10.00. The maximum atomic E-state index is 11.9. The minimum Gasteiger partial charge on any atom is -0.492 e. The highest BCUT2D eigenvalue weighted by molar-refractivity contribution is 6.35. The normalized spacial score (nSPS) is 14.9. The molecule has 2 rings (SSSR count). The minimum atomic E-state index is -0.263. The van der Waals surface area contributed by atoms with Crippen LogP contribution in [0.25, 0.3) is 0 Å². The summed E-state index contributed by atoms with van der Waals surface area (Å²) in [6, 6.07) is 4.96. The fraction of sp³-hybridized carbons (Fsp3) is 0.500. The molecule has 2 amide bonds. The van der Waals surface area contributed by atoms with E-state index in [1.165, 1.54) is 0 Å². The predicted octanol–water partition coefficient (Wildman–Crippen LogP) is 2.73. The number of amides is 2. The Kier molecular flexibility index (Phi) is 7.62. The largest absolute Gasteiger partial charge is 0.492 e. The van der Waals surface area contributed by atoms with E-state index in [4.69, 9.17) is 32.7 Å². The summed E-state index contributed by atoms with van der Waals surface area (Å²) in [5.74, 6) is -0.0132. The molecular weight excluding hydrogens is 355 g/mol. The predicted molar refractivity (Wildman–Crippen MR) is 91.0 cm³/mol. The van der Waals surface area contributed by atoms with Crippen molar-refractivity contribution in [3.63, 3.8) is 0 Å². The van der Waals surface area contributed by atoms with Gasteiger partial charge in [-0.25, -0.2) is 0 Å². The molecule has 6 nitrogen and oxygen atoms in total. The summed E-state index contributed by atoms with van der Waals surface area (Å²) < 4.78 is 10.7. The zero-order valence-corrected chi connectivity index (χ0v) is 14.7. The summed E-state index contributed by atoms with van der Waals surface area (Å²) in [4.78, 5) is 23.6. The monoisotopic (exact) mass is 374 g/mol. The number of halogens is 2. The Morgan fingerprint density at radius 3 is 2.67 bits per heavy atom. The second-order valence-corrected chi connectivity index (χ2v) is 6.29. The molecule has 2 N–H and O–H groups in total. The smallest absolute Gasteiger partial charge is 0.241 e. The Morgan fingerprint density at radius 2 is 1.96 bits per heavy atom. The van der Waals surface area contributed by atoms with Gasteiger partial charge in [-0.2, -0.15) is 0 Å². The molecule has 0 saturated carbocycles. The van der Waals surface area contributed by atoms with E-state index in [1.807, 2.05) is 0 Å². The van der Waals surface area contributed by atoms with Gasteiger partial charge in [-0.3, -0.25) is 20.4 Å². The Morgan fingerprint density at radius 1 is 1.21 bits per heavy atom. The first-order valence-electron chi connectivity index (χ1n) is 7.80. The number of carbonyl (C=O) groups excluding carboxylic acids is 2. The number of hydrogen-bond donors (Lipinski definition) is 2. The van der Waals surface area contributed by atoms with E-state index in [0.29, 0.717) is 54.9 Å². The van der Waals surface area contributed by atoms with Crippen molar-refractivity contribution in [2.45, 2.75) is 25.7 Å². The summed E-state index contributed by atoms with van der Waals surface area (Å²) in [5, 5.41) is 0.961. The minimum absolute atomic E-state index is 0.102. The third kappa shape index (κ3) is 6.19. The van der Waals surface area contributed by atoms with Crippen LogP contribution in [0.2, 0.25) is 10.0 Å². The van der Waals surface area contributed by atoms with E-state index in [9.17, 15) is 9.59 Å². The maximum absolute atomic E-state index is 11.9. The van der Waals surface area contributed by atoms with E-state index < -0.39 is 0 Å². The van der Waals surface area contributed by atoms with E-state index >= 15 is 0 Å². The van der Waals surface area contributed by atoms with Gasteiger partial charge in [0.05, 0.1) is 11.6 Å². The Labute approximate surface area is 150 Å². The van der Waals surface area contributed by atoms with Crippen molar-refractivity contribution in [3.8, 4) is 5.75 Å². The van der Waals surface area contributed by atoms with Crippen molar-refractivity contribution >= 4 is 35.0 Å². The molecule has 1 saturated heterocycles. The van der Waals surface area contributed by atoms with Crippen LogP contribution >= 0.6 is 23.2 Å². The first-order chi connectivity index (χ1) is 11.6. The molecule has 0 aliphatic carbocycles. The number of rotatable bonds is 6. The number of hydrazine groups is 1. The van der Waals surface area contributed by atoms with Crippen LogP contribution in [0.15, 0.2) is 18.2 Å². The van der Waals surface area contributed by atoms with Crippen molar-refractivity contribution < 1.29 is 19.1 Å². The molecule has 132 valence electrons. The van der Waals surface area contributed by atoms with Gasteiger partial charge in [-0.15, -0.1) is 0 Å². The van der Waals surface area contributed by atoms with Crippen molar-refractivity contribution in [3.05, 3.63) is 28.2 Å². The van der Waals surface area contributed by atoms with E-state index in [-0.39, 0.29) is 24.2 Å². The lowest BCUT2D eigenvalue weighted by Gasteiger charge is -2.21. The standard InChI is InChI=1S/C16H20Cl2N2O4/c17-12-3-4-14(13(18)10-12)24-7-1-2-15(21)19-20-16(22)11-5-8-23-9-6-11/h3-4,10-11H,1-2,5-9H2,(H,19,21)(H,20,22). The highest BCUT2D eigenvalue weighted by atomic mass is 35.5. The van der Waals surface area contributed by atoms with Crippen molar-refractivity contribution in [2.75, 3.05) is 19.8 Å². The van der Waals surface area contributed by atoms with Gasteiger partial charge in [0, 0.05) is 30.6 Å². The summed E-state index contributed by atoms with van der Waals surface area (Å²) >= 11 is 11.8. The molecule has 0 unspecified atom stereocenters. The first-order valence-corrected chi connectivity index (χ1v) is 8.56. The molecule has 1 fully saturated rings. The van der Waals surface area contributed by atoms with Crippen LogP contribution in [0, 0.1) is 5.92 Å². The van der Waals surface area contributed by atoms with E-state index in [2.05, 4.69) is 10.9 Å². The number of carbonyl (C=O) groups is 2. The molecule has 0 radical (unpaired) electrons. The summed E-state index contributed by atoms with van der Waals surface area (Å²) in [6.45, 7) is 1.50. The van der Waals surface area contributed by atoms with Crippen molar-refractivity contribution in [2.24, 2.45) is 5.92 Å². The number of ether oxygens (including phenoxy) is 2. The number of hydrogen-bond acceptors (Lipinski definition) is 4. The van der Waals surface area contributed by atoms with Crippen LogP contribution in [0.1, 0.15) is 25.7 Å². The lowest BCUT2D eigenvalue weighted by molar-refractivity contribution is -0.133. The fourth-order valence-corrected chi connectivity index (χ4v) is 2.73. The van der Waals surface area contributed by atoms with Crippen LogP contribution in [0.3, 0.4) is 0 Å². The molecule has 8 heteroatoms. The SMILES string of the molecule is O=C(CCCOc1ccc(Cl)cc1Cl)NNC(=O)C1CCOCC1. The third-order valence-corrected chi connectivity index (χ3v) is 4.15. The topological polar surface area (TPSA) is 76.7 Å². The fourth-order valence-electron chi connectivity index (χ4n) is 2.26. The van der Waals surface area contributed by atoms with Gasteiger partial charge in [0.15, 0.2) is 0 Å². The Balaban J connectivity index is 1.60. The first kappa shape index (κ1) is 18.8. The van der Waals surface area contributed by atoms with Crippen LogP contribution in [-0.4, -0.2) is 31.6 Å². The van der Waals surface area contributed by atoms with Crippen LogP contribution in [0.5, 0.6) is 5.75 Å². The highest BCUT2D eigenvalue weighted by Gasteiger charge is 2.21. The van der Waals surface area contributed by atoms with Crippen molar-refractivity contribution in [1.29, 1.82) is 0 Å². The molecule has 1 aromatic rings. The molecule has 1 aromatic carbocycles. The van der Waals surface area contributed by atoms with Gasteiger partial charge >= 0.3 is 0 Å². The molecule has 24 heavy (non-hydrogen) atoms. The molecule has 0 bridgehead atoms. The van der Waals surface area contributed by atoms with Crippen LogP contribution in [-0.2, 0) is 14.3 Å². The van der Waals surface area contributed by atoms with E-state index in [1.54, 1.807) is 18.2 Å². The number of benzene rings is 1. The molecule has 0 spiro atoms. The summed E-state index contributed by atoms with van der Waals surface area (Å²) in [5.41, 5.74) is 4.87. The zero-order valence-electron chi connectivity index (χ0n) is 13.1. The zero-order chi connectivity index (χ0) is 17.4. The highest BCUT2D eigenvalue weighted by Crippen LogP contribution is 2.27. The second kappa shape index (κ2) is 9.71. The quantitative estimate of drug-likeness (QED) is 0.592. The van der Waals surface area contributed by atoms with Gasteiger partial charge < -0.3 is 9.47 Å². The Hall–Kier alpha value is -1.50. The second-order valence-electron chi connectivity index (χ2n) is 5.45. The molecule has 1 aliphatic rings. The molecular formula is C16H20Cl2N2O4.